The van der Waals surface area contributed by atoms with Gasteiger partial charge < -0.3 is 4.74 Å². The number of methoxy groups -OCH3 is 1. The molecule has 0 spiro atoms. The molecule has 1 heterocycles. The molecule has 5 nitrogen and oxygen atoms in total. The lowest BCUT2D eigenvalue weighted by Gasteiger charge is -2.14. The van der Waals surface area contributed by atoms with Gasteiger partial charge in [0.1, 0.15) is 0 Å². The Morgan fingerprint density at radius 2 is 2.31 bits per heavy atom. The third-order valence-corrected chi connectivity index (χ3v) is 2.47. The van der Waals surface area contributed by atoms with Crippen LogP contribution in [0.25, 0.3) is 0 Å². The minimum atomic E-state index is -5.01. The molecule has 0 aromatic carbocycles. The lowest BCUT2D eigenvalue weighted by Crippen LogP contribution is -2.45. The minimum absolute atomic E-state index is 0.0240. The molecule has 90 valence electrons. The molecule has 0 aliphatic rings. The standard InChI is InChI=1S/C7H8F3N3O2S/c1-15-3-4-2-12-6(16-4)13(11)5(14)7(8,9)10/h2H,3,11H2,1H3. The first-order chi connectivity index (χ1) is 7.36. The number of amides is 1. The Morgan fingerprint density at radius 1 is 1.69 bits per heavy atom. The van der Waals surface area contributed by atoms with Crippen LogP contribution < -0.4 is 10.9 Å². The second-order valence-electron chi connectivity index (χ2n) is 2.72. The van der Waals surface area contributed by atoms with Crippen LogP contribution in [0.15, 0.2) is 6.20 Å². The molecular weight excluding hydrogens is 247 g/mol. The third-order valence-electron chi connectivity index (χ3n) is 1.50. The first-order valence-corrected chi connectivity index (χ1v) is 4.77. The van der Waals surface area contributed by atoms with E-state index in [4.69, 9.17) is 10.6 Å². The molecule has 0 saturated heterocycles. The predicted molar refractivity (Wildman–Crippen MR) is 50.6 cm³/mol. The molecule has 1 rings (SSSR count). The lowest BCUT2D eigenvalue weighted by molar-refractivity contribution is -0.170. The van der Waals surface area contributed by atoms with E-state index in [1.807, 2.05) is 0 Å². The number of nitrogens with two attached hydrogens (primary N) is 1. The van der Waals surface area contributed by atoms with Crippen molar-refractivity contribution in [1.82, 2.24) is 4.98 Å². The van der Waals surface area contributed by atoms with E-state index in [-0.39, 0.29) is 16.7 Å². The maximum absolute atomic E-state index is 12.0. The molecule has 0 saturated carbocycles. The summed E-state index contributed by atoms with van der Waals surface area (Å²) in [5.41, 5.74) is 0. The summed E-state index contributed by atoms with van der Waals surface area (Å²) < 4.78 is 40.8. The number of hydrogen-bond donors (Lipinski definition) is 1. The lowest BCUT2D eigenvalue weighted by atomic mass is 10.6. The van der Waals surface area contributed by atoms with E-state index in [0.717, 1.165) is 11.3 Å². The number of ether oxygens (including phenoxy) is 1. The Labute approximate surface area is 92.6 Å². The Bertz CT molecular complexity index is 379. The summed E-state index contributed by atoms with van der Waals surface area (Å²) in [5.74, 6) is 2.84. The molecule has 0 bridgehead atoms. The average Bonchev–Trinajstić information content (AvgIpc) is 2.63. The molecule has 1 aromatic rings. The van der Waals surface area contributed by atoms with Gasteiger partial charge in [0.2, 0.25) is 5.13 Å². The molecule has 0 aliphatic carbocycles. The number of hydrogen-bond acceptors (Lipinski definition) is 5. The van der Waals surface area contributed by atoms with E-state index >= 15 is 0 Å². The molecule has 1 amide bonds. The van der Waals surface area contributed by atoms with Crippen molar-refractivity contribution < 1.29 is 22.7 Å². The molecule has 0 aliphatic heterocycles. The summed E-state index contributed by atoms with van der Waals surface area (Å²) in [7, 11) is 1.43. The first kappa shape index (κ1) is 12.9. The van der Waals surface area contributed by atoms with Gasteiger partial charge in [-0.3, -0.25) is 4.79 Å². The number of thiazole rings is 1. The van der Waals surface area contributed by atoms with E-state index in [0.29, 0.717) is 4.88 Å². The van der Waals surface area contributed by atoms with E-state index in [1.54, 1.807) is 0 Å². The summed E-state index contributed by atoms with van der Waals surface area (Å²) in [6.07, 6.45) is -3.71. The SMILES string of the molecule is COCc1cnc(N(N)C(=O)C(F)(F)F)s1. The van der Waals surface area contributed by atoms with Crippen LogP contribution in [-0.2, 0) is 16.1 Å². The number of nitrogens with zero attached hydrogens (tertiary/aromatic N) is 2. The van der Waals surface area contributed by atoms with Crippen molar-refractivity contribution in [2.45, 2.75) is 12.8 Å². The quantitative estimate of drug-likeness (QED) is 0.498. The van der Waals surface area contributed by atoms with Crippen molar-refractivity contribution in [1.29, 1.82) is 0 Å². The fourth-order valence-corrected chi connectivity index (χ4v) is 1.64. The summed E-state index contributed by atoms with van der Waals surface area (Å²) in [6.45, 7) is 0.200. The van der Waals surface area contributed by atoms with E-state index in [9.17, 15) is 18.0 Å². The van der Waals surface area contributed by atoms with Crippen molar-refractivity contribution in [2.24, 2.45) is 5.84 Å². The Balaban J connectivity index is 2.80. The Hall–Kier alpha value is -1.19. The molecule has 9 heteroatoms. The molecule has 1 aromatic heterocycles. The highest BCUT2D eigenvalue weighted by Crippen LogP contribution is 2.25. The zero-order valence-corrected chi connectivity index (χ0v) is 8.93. The number of halogens is 3. The van der Waals surface area contributed by atoms with Gasteiger partial charge in [0.15, 0.2) is 0 Å². The van der Waals surface area contributed by atoms with Gasteiger partial charge in [-0.05, 0) is 0 Å². The van der Waals surface area contributed by atoms with Gasteiger partial charge in [-0.2, -0.15) is 13.2 Å². The highest BCUT2D eigenvalue weighted by atomic mass is 32.1. The van der Waals surface area contributed by atoms with Crippen LogP contribution in [0.2, 0.25) is 0 Å². The van der Waals surface area contributed by atoms with Crippen LogP contribution in [-0.4, -0.2) is 24.2 Å². The molecule has 16 heavy (non-hydrogen) atoms. The summed E-state index contributed by atoms with van der Waals surface area (Å²) in [5, 5.41) is -0.251. The fourth-order valence-electron chi connectivity index (χ4n) is 0.841. The van der Waals surface area contributed by atoms with Gasteiger partial charge in [0.25, 0.3) is 0 Å². The van der Waals surface area contributed by atoms with E-state index < -0.39 is 12.1 Å². The van der Waals surface area contributed by atoms with Gasteiger partial charge >= 0.3 is 12.1 Å². The van der Waals surface area contributed by atoms with Crippen LogP contribution in [0.1, 0.15) is 4.88 Å². The van der Waals surface area contributed by atoms with Gasteiger partial charge in [0, 0.05) is 13.3 Å². The first-order valence-electron chi connectivity index (χ1n) is 3.96. The predicted octanol–water partition coefficient (Wildman–Crippen LogP) is 1.06. The highest BCUT2D eigenvalue weighted by molar-refractivity contribution is 7.15. The smallest absolute Gasteiger partial charge is 0.379 e. The van der Waals surface area contributed by atoms with Gasteiger partial charge in [-0.15, -0.1) is 0 Å². The number of hydrazine groups is 1. The molecule has 0 fully saturated rings. The Kier molecular flexibility index (Phi) is 3.83. The molecule has 0 radical (unpaired) electrons. The van der Waals surface area contributed by atoms with Crippen LogP contribution >= 0.6 is 11.3 Å². The number of carbonyl (C=O) groups is 1. The van der Waals surface area contributed by atoms with Gasteiger partial charge in [-0.25, -0.2) is 15.8 Å². The maximum Gasteiger partial charge on any atom is 0.473 e. The van der Waals surface area contributed by atoms with E-state index in [2.05, 4.69) is 4.98 Å². The second-order valence-corrected chi connectivity index (χ2v) is 3.81. The molecule has 0 atom stereocenters. The van der Waals surface area contributed by atoms with Crippen LogP contribution in [0.4, 0.5) is 18.3 Å². The molecule has 0 unspecified atom stereocenters. The van der Waals surface area contributed by atoms with Crippen molar-refractivity contribution in [3.8, 4) is 0 Å². The number of alkyl halides is 3. The topological polar surface area (TPSA) is 68.4 Å². The molecular formula is C7H8F3N3O2S. The highest BCUT2D eigenvalue weighted by Gasteiger charge is 2.43. The van der Waals surface area contributed by atoms with Crippen LogP contribution in [0, 0.1) is 0 Å². The number of rotatable bonds is 3. The zero-order valence-electron chi connectivity index (χ0n) is 8.11. The van der Waals surface area contributed by atoms with Gasteiger partial charge in [0.05, 0.1) is 11.5 Å². The maximum atomic E-state index is 12.0. The molecule has 2 N–H and O–H groups in total. The second kappa shape index (κ2) is 4.76. The van der Waals surface area contributed by atoms with Crippen molar-refractivity contribution in [2.75, 3.05) is 12.1 Å². The largest absolute Gasteiger partial charge is 0.473 e. The zero-order chi connectivity index (χ0) is 12.3. The number of aromatic nitrogens is 1. The summed E-state index contributed by atoms with van der Waals surface area (Å²) in [4.78, 5) is 14.9. The van der Waals surface area contributed by atoms with Crippen molar-refractivity contribution in [3.05, 3.63) is 11.1 Å². The van der Waals surface area contributed by atoms with Crippen LogP contribution in [0.3, 0.4) is 0 Å². The summed E-state index contributed by atoms with van der Waals surface area (Å²) in [6, 6.07) is 0. The van der Waals surface area contributed by atoms with Crippen molar-refractivity contribution >= 4 is 22.4 Å². The number of anilines is 1. The fraction of sp³-hybridized carbons (Fsp3) is 0.429. The van der Waals surface area contributed by atoms with Crippen LogP contribution in [0.5, 0.6) is 0 Å². The minimum Gasteiger partial charge on any atom is -0.379 e. The third kappa shape index (κ3) is 2.90. The number of carbonyl (C=O) groups excluding carboxylic acids is 1. The monoisotopic (exact) mass is 255 g/mol. The van der Waals surface area contributed by atoms with Gasteiger partial charge in [-0.1, -0.05) is 11.3 Å². The van der Waals surface area contributed by atoms with Crippen molar-refractivity contribution in [3.63, 3.8) is 0 Å². The average molecular weight is 255 g/mol. The summed E-state index contributed by atoms with van der Waals surface area (Å²) >= 11 is 0.854. The van der Waals surface area contributed by atoms with E-state index in [1.165, 1.54) is 13.3 Å². The Morgan fingerprint density at radius 3 is 2.81 bits per heavy atom. The normalized spacial score (nSPS) is 11.6.